The molecule has 3 rings (SSSR count). The number of allylic oxidation sites excluding steroid dienone is 1. The minimum Gasteiger partial charge on any atom is -0.358 e. The number of hydrogen-bond acceptors (Lipinski definition) is 6. The summed E-state index contributed by atoms with van der Waals surface area (Å²) in [7, 11) is 0. The van der Waals surface area contributed by atoms with Gasteiger partial charge in [-0.1, -0.05) is 23.2 Å². The molecule has 0 amide bonds. The number of benzene rings is 2. The zero-order chi connectivity index (χ0) is 20.3. The van der Waals surface area contributed by atoms with Crippen LogP contribution in [0.1, 0.15) is 5.01 Å². The Bertz CT molecular complexity index is 1140. The number of thiazole rings is 1. The first-order valence-corrected chi connectivity index (χ1v) is 9.24. The highest BCUT2D eigenvalue weighted by molar-refractivity contribution is 7.11. The second kappa shape index (κ2) is 8.35. The molecule has 0 aliphatic carbocycles. The molecule has 2 aromatic carbocycles. The summed E-state index contributed by atoms with van der Waals surface area (Å²) in [5.74, 6) is -0.810. The highest BCUT2D eigenvalue weighted by Crippen LogP contribution is 2.32. The standard InChI is InChI=1S/C18H9Cl2FN4O2S/c19-11-1-3-13(14(20)5-11)17-9-28-18(24-17)10(7-22)8-23-16-4-2-12(25(26)27)6-15(16)21/h1-6,8-9,23H. The molecule has 6 nitrogen and oxygen atoms in total. The summed E-state index contributed by atoms with van der Waals surface area (Å²) in [6, 6.07) is 10.2. The molecule has 3 aromatic rings. The van der Waals surface area contributed by atoms with Crippen LogP contribution in [0.4, 0.5) is 15.8 Å². The van der Waals surface area contributed by atoms with Gasteiger partial charge < -0.3 is 5.32 Å². The number of hydrogen-bond donors (Lipinski definition) is 1. The lowest BCUT2D eigenvalue weighted by Crippen LogP contribution is -1.96. The number of nitrogens with zero attached hydrogens (tertiary/aromatic N) is 3. The molecular formula is C18H9Cl2FN4O2S. The molecule has 0 saturated carbocycles. The molecule has 0 saturated heterocycles. The van der Waals surface area contributed by atoms with E-state index in [4.69, 9.17) is 23.2 Å². The third-order valence-electron chi connectivity index (χ3n) is 3.60. The van der Waals surface area contributed by atoms with E-state index in [9.17, 15) is 19.8 Å². The largest absolute Gasteiger partial charge is 0.358 e. The molecule has 0 atom stereocenters. The van der Waals surface area contributed by atoms with Gasteiger partial charge >= 0.3 is 0 Å². The first-order chi connectivity index (χ1) is 13.4. The Kier molecular flexibility index (Phi) is 5.90. The number of nitro benzene ring substituents is 1. The van der Waals surface area contributed by atoms with Crippen LogP contribution in [0.2, 0.25) is 10.0 Å². The SMILES string of the molecule is N#CC(=CNc1ccc([N+](=O)[O-])cc1F)c1nc(-c2ccc(Cl)cc2Cl)cs1. The number of anilines is 1. The monoisotopic (exact) mass is 434 g/mol. The topological polar surface area (TPSA) is 91.8 Å². The molecule has 0 fully saturated rings. The minimum atomic E-state index is -0.810. The first-order valence-electron chi connectivity index (χ1n) is 7.61. The van der Waals surface area contributed by atoms with Crippen molar-refractivity contribution in [3.63, 3.8) is 0 Å². The van der Waals surface area contributed by atoms with Crippen molar-refractivity contribution in [2.45, 2.75) is 0 Å². The number of aromatic nitrogens is 1. The number of nitrogens with one attached hydrogen (secondary N) is 1. The third kappa shape index (κ3) is 4.28. The highest BCUT2D eigenvalue weighted by Gasteiger charge is 2.13. The molecule has 1 N–H and O–H groups in total. The smallest absolute Gasteiger partial charge is 0.272 e. The van der Waals surface area contributed by atoms with Gasteiger partial charge in [-0.3, -0.25) is 10.1 Å². The van der Waals surface area contributed by atoms with Crippen molar-refractivity contribution in [3.05, 3.63) is 79.0 Å². The van der Waals surface area contributed by atoms with Gasteiger partial charge in [-0.15, -0.1) is 11.3 Å². The van der Waals surface area contributed by atoms with Gasteiger partial charge in [0.1, 0.15) is 16.6 Å². The van der Waals surface area contributed by atoms with Crippen molar-refractivity contribution in [1.29, 1.82) is 5.26 Å². The van der Waals surface area contributed by atoms with Gasteiger partial charge in [-0.25, -0.2) is 9.37 Å². The van der Waals surface area contributed by atoms with Crippen LogP contribution in [-0.2, 0) is 0 Å². The lowest BCUT2D eigenvalue weighted by atomic mass is 10.2. The van der Waals surface area contributed by atoms with Crippen molar-refractivity contribution in [3.8, 4) is 17.3 Å². The number of nitro groups is 1. The van der Waals surface area contributed by atoms with Gasteiger partial charge in [0.05, 0.1) is 27.4 Å². The van der Waals surface area contributed by atoms with Crippen LogP contribution < -0.4 is 5.32 Å². The zero-order valence-corrected chi connectivity index (χ0v) is 16.1. The quantitative estimate of drug-likeness (QED) is 0.295. The van der Waals surface area contributed by atoms with Crippen LogP contribution in [-0.4, -0.2) is 9.91 Å². The Hall–Kier alpha value is -2.99. The van der Waals surface area contributed by atoms with Crippen LogP contribution in [0.5, 0.6) is 0 Å². The fourth-order valence-corrected chi connectivity index (χ4v) is 3.54. The highest BCUT2D eigenvalue weighted by atomic mass is 35.5. The van der Waals surface area contributed by atoms with Gasteiger partial charge in [0.15, 0.2) is 5.82 Å². The fraction of sp³-hybridized carbons (Fsp3) is 0. The molecule has 0 aliphatic rings. The molecule has 0 unspecified atom stereocenters. The van der Waals surface area contributed by atoms with E-state index in [2.05, 4.69) is 10.3 Å². The van der Waals surface area contributed by atoms with Crippen molar-refractivity contribution >= 4 is 51.5 Å². The predicted molar refractivity (Wildman–Crippen MR) is 108 cm³/mol. The van der Waals surface area contributed by atoms with E-state index in [1.54, 1.807) is 23.6 Å². The summed E-state index contributed by atoms with van der Waals surface area (Å²) in [4.78, 5) is 14.4. The Morgan fingerprint density at radius 2 is 2.11 bits per heavy atom. The number of rotatable bonds is 5. The van der Waals surface area contributed by atoms with Crippen molar-refractivity contribution in [2.24, 2.45) is 0 Å². The molecule has 0 radical (unpaired) electrons. The summed E-state index contributed by atoms with van der Waals surface area (Å²) in [5.41, 5.74) is 1.04. The third-order valence-corrected chi connectivity index (χ3v) is 5.02. The lowest BCUT2D eigenvalue weighted by Gasteiger charge is -2.03. The van der Waals surface area contributed by atoms with Crippen LogP contribution in [0.25, 0.3) is 16.8 Å². The average Bonchev–Trinajstić information content (AvgIpc) is 3.12. The molecule has 10 heteroatoms. The molecule has 0 aliphatic heterocycles. The van der Waals surface area contributed by atoms with E-state index >= 15 is 0 Å². The minimum absolute atomic E-state index is 0.00382. The number of non-ortho nitro benzene ring substituents is 1. The first kappa shape index (κ1) is 19.8. The van der Waals surface area contributed by atoms with E-state index in [1.165, 1.54) is 23.6 Å². The van der Waals surface area contributed by atoms with Crippen LogP contribution in [0.15, 0.2) is 48.0 Å². The maximum absolute atomic E-state index is 14.0. The average molecular weight is 435 g/mol. The zero-order valence-electron chi connectivity index (χ0n) is 13.8. The van der Waals surface area contributed by atoms with Crippen molar-refractivity contribution in [1.82, 2.24) is 4.98 Å². The summed E-state index contributed by atoms with van der Waals surface area (Å²) in [6.07, 6.45) is 1.29. The van der Waals surface area contributed by atoms with Gasteiger partial charge in [0, 0.05) is 28.2 Å². The van der Waals surface area contributed by atoms with Crippen molar-refractivity contribution in [2.75, 3.05) is 5.32 Å². The lowest BCUT2D eigenvalue weighted by molar-refractivity contribution is -0.385. The maximum atomic E-state index is 14.0. The number of halogens is 3. The summed E-state index contributed by atoms with van der Waals surface area (Å²) < 4.78 is 14.0. The second-order valence-corrected chi connectivity index (χ2v) is 7.10. The predicted octanol–water partition coefficient (Wildman–Crippen LogP) is 6.14. The fourth-order valence-electron chi connectivity index (χ4n) is 2.24. The summed E-state index contributed by atoms with van der Waals surface area (Å²) in [6.45, 7) is 0. The maximum Gasteiger partial charge on any atom is 0.272 e. The van der Waals surface area contributed by atoms with Crippen LogP contribution in [0, 0.1) is 27.3 Å². The Morgan fingerprint density at radius 3 is 2.75 bits per heavy atom. The molecule has 0 bridgehead atoms. The molecule has 1 heterocycles. The Balaban J connectivity index is 1.85. The molecule has 140 valence electrons. The molecule has 0 spiro atoms. The number of nitriles is 1. The van der Waals surface area contributed by atoms with E-state index in [-0.39, 0.29) is 16.9 Å². The van der Waals surface area contributed by atoms with Crippen LogP contribution >= 0.6 is 34.5 Å². The van der Waals surface area contributed by atoms with Crippen LogP contribution in [0.3, 0.4) is 0 Å². The Morgan fingerprint density at radius 1 is 1.32 bits per heavy atom. The van der Waals surface area contributed by atoms with Crippen molar-refractivity contribution < 1.29 is 9.31 Å². The van der Waals surface area contributed by atoms with Gasteiger partial charge in [-0.2, -0.15) is 5.26 Å². The van der Waals surface area contributed by atoms with E-state index in [1.807, 2.05) is 6.07 Å². The van der Waals surface area contributed by atoms with Gasteiger partial charge in [0.2, 0.25) is 0 Å². The van der Waals surface area contributed by atoms with E-state index in [0.717, 1.165) is 12.1 Å². The summed E-state index contributed by atoms with van der Waals surface area (Å²) in [5, 5.41) is 25.8. The summed E-state index contributed by atoms with van der Waals surface area (Å²) >= 11 is 13.3. The van der Waals surface area contributed by atoms with E-state index < -0.39 is 10.7 Å². The van der Waals surface area contributed by atoms with E-state index in [0.29, 0.717) is 26.3 Å². The second-order valence-electron chi connectivity index (χ2n) is 5.40. The van der Waals surface area contributed by atoms with Gasteiger partial charge in [0.25, 0.3) is 5.69 Å². The van der Waals surface area contributed by atoms with Gasteiger partial charge in [-0.05, 0) is 24.3 Å². The normalized spacial score (nSPS) is 11.1. The molecule has 1 aromatic heterocycles. The Labute approximate surface area is 172 Å². The molecule has 28 heavy (non-hydrogen) atoms. The molecular weight excluding hydrogens is 426 g/mol.